The van der Waals surface area contributed by atoms with Gasteiger partial charge >= 0.3 is 11.9 Å². The molecule has 3 aromatic carbocycles. The maximum Gasteiger partial charge on any atom is 0.381 e. The van der Waals surface area contributed by atoms with Crippen molar-refractivity contribution in [3.8, 4) is 11.4 Å². The Bertz CT molecular complexity index is 1190. The first kappa shape index (κ1) is 19.8. The SMILES string of the molecule is CCOC(=O)C(F)(F)c1cccc(-c2nc3ccccc3n2Cc2ccccc2)c1. The van der Waals surface area contributed by atoms with Gasteiger partial charge in [0.05, 0.1) is 17.6 Å². The molecule has 0 fully saturated rings. The van der Waals surface area contributed by atoms with Crippen molar-refractivity contribution in [1.29, 1.82) is 0 Å². The van der Waals surface area contributed by atoms with Gasteiger partial charge in [-0.3, -0.25) is 0 Å². The van der Waals surface area contributed by atoms with Gasteiger partial charge < -0.3 is 9.30 Å². The molecule has 0 atom stereocenters. The molecule has 0 radical (unpaired) electrons. The van der Waals surface area contributed by atoms with Gasteiger partial charge in [-0.1, -0.05) is 60.7 Å². The number of alkyl halides is 2. The van der Waals surface area contributed by atoms with Crippen LogP contribution in [0.15, 0.2) is 78.9 Å². The van der Waals surface area contributed by atoms with E-state index in [0.29, 0.717) is 17.9 Å². The zero-order chi connectivity index (χ0) is 21.1. The summed E-state index contributed by atoms with van der Waals surface area (Å²) in [6.07, 6.45) is 0. The van der Waals surface area contributed by atoms with Gasteiger partial charge in [-0.25, -0.2) is 9.78 Å². The highest BCUT2D eigenvalue weighted by atomic mass is 19.3. The lowest BCUT2D eigenvalue weighted by Crippen LogP contribution is -2.28. The van der Waals surface area contributed by atoms with Gasteiger partial charge in [0, 0.05) is 17.7 Å². The molecule has 0 aliphatic carbocycles. The second-order valence-corrected chi connectivity index (χ2v) is 6.87. The molecule has 0 bridgehead atoms. The Kier molecular flexibility index (Phi) is 5.31. The number of hydrogen-bond donors (Lipinski definition) is 0. The number of fused-ring (bicyclic) bond motifs is 1. The zero-order valence-corrected chi connectivity index (χ0v) is 16.4. The van der Waals surface area contributed by atoms with Crippen molar-refractivity contribution < 1.29 is 18.3 Å². The minimum atomic E-state index is -3.73. The van der Waals surface area contributed by atoms with Gasteiger partial charge in [-0.15, -0.1) is 0 Å². The third kappa shape index (κ3) is 3.68. The molecule has 0 saturated heterocycles. The van der Waals surface area contributed by atoms with E-state index in [1.54, 1.807) is 6.07 Å². The number of aromatic nitrogens is 2. The monoisotopic (exact) mass is 406 g/mol. The summed E-state index contributed by atoms with van der Waals surface area (Å²) >= 11 is 0. The number of ether oxygens (including phenoxy) is 1. The van der Waals surface area contributed by atoms with E-state index in [1.807, 2.05) is 59.2 Å². The fourth-order valence-corrected chi connectivity index (χ4v) is 3.42. The van der Waals surface area contributed by atoms with Crippen molar-refractivity contribution in [3.63, 3.8) is 0 Å². The van der Waals surface area contributed by atoms with Gasteiger partial charge in [-0.05, 0) is 30.7 Å². The molecular weight excluding hydrogens is 386 g/mol. The van der Waals surface area contributed by atoms with Gasteiger partial charge in [0.1, 0.15) is 5.82 Å². The summed E-state index contributed by atoms with van der Waals surface area (Å²) in [5, 5.41) is 0. The first-order valence-electron chi connectivity index (χ1n) is 9.66. The van der Waals surface area contributed by atoms with Crippen LogP contribution in [0.4, 0.5) is 8.78 Å². The minimum Gasteiger partial charge on any atom is -0.461 e. The predicted molar refractivity (Wildman–Crippen MR) is 111 cm³/mol. The van der Waals surface area contributed by atoms with Crippen LogP contribution in [0.2, 0.25) is 0 Å². The average molecular weight is 406 g/mol. The molecule has 30 heavy (non-hydrogen) atoms. The fraction of sp³-hybridized carbons (Fsp3) is 0.167. The molecule has 0 spiro atoms. The average Bonchev–Trinajstić information content (AvgIpc) is 3.13. The Balaban J connectivity index is 1.82. The van der Waals surface area contributed by atoms with Gasteiger partial charge in [0.25, 0.3) is 0 Å². The van der Waals surface area contributed by atoms with Gasteiger partial charge in [-0.2, -0.15) is 8.78 Å². The molecule has 1 heterocycles. The van der Waals surface area contributed by atoms with Crippen molar-refractivity contribution >= 4 is 17.0 Å². The van der Waals surface area contributed by atoms with Crippen LogP contribution >= 0.6 is 0 Å². The van der Waals surface area contributed by atoms with Crippen LogP contribution in [0, 0.1) is 0 Å². The number of rotatable bonds is 6. The number of halogens is 2. The lowest BCUT2D eigenvalue weighted by atomic mass is 10.0. The van der Waals surface area contributed by atoms with Crippen molar-refractivity contribution in [3.05, 3.63) is 90.0 Å². The van der Waals surface area contributed by atoms with E-state index in [9.17, 15) is 13.6 Å². The molecule has 4 nitrogen and oxygen atoms in total. The number of nitrogens with zero attached hydrogens (tertiary/aromatic N) is 2. The molecule has 0 aliphatic rings. The summed E-state index contributed by atoms with van der Waals surface area (Å²) in [5.41, 5.74) is 2.82. The largest absolute Gasteiger partial charge is 0.461 e. The quantitative estimate of drug-likeness (QED) is 0.402. The Hall–Kier alpha value is -3.54. The van der Waals surface area contributed by atoms with Crippen LogP contribution < -0.4 is 0 Å². The number of carbonyl (C=O) groups is 1. The van der Waals surface area contributed by atoms with Crippen LogP contribution in [-0.2, 0) is 22.0 Å². The predicted octanol–water partition coefficient (Wildman–Crippen LogP) is 5.41. The van der Waals surface area contributed by atoms with Crippen molar-refractivity contribution in [2.24, 2.45) is 0 Å². The summed E-state index contributed by atoms with van der Waals surface area (Å²) in [4.78, 5) is 16.5. The summed E-state index contributed by atoms with van der Waals surface area (Å²) in [7, 11) is 0. The smallest absolute Gasteiger partial charge is 0.381 e. The highest BCUT2D eigenvalue weighted by Gasteiger charge is 2.42. The van der Waals surface area contributed by atoms with Crippen molar-refractivity contribution in [2.45, 2.75) is 19.4 Å². The van der Waals surface area contributed by atoms with E-state index >= 15 is 0 Å². The topological polar surface area (TPSA) is 44.1 Å². The molecule has 1 aromatic heterocycles. The summed E-state index contributed by atoms with van der Waals surface area (Å²) in [5.74, 6) is -4.73. The lowest BCUT2D eigenvalue weighted by Gasteiger charge is -2.16. The third-order valence-corrected chi connectivity index (χ3v) is 4.85. The Morgan fingerprint density at radius 3 is 2.50 bits per heavy atom. The van der Waals surface area contributed by atoms with Crippen LogP contribution in [0.3, 0.4) is 0 Å². The molecule has 152 valence electrons. The number of esters is 1. The molecule has 0 unspecified atom stereocenters. The third-order valence-electron chi connectivity index (χ3n) is 4.85. The molecule has 0 amide bonds. The molecule has 0 aliphatic heterocycles. The summed E-state index contributed by atoms with van der Waals surface area (Å²) in [6, 6.07) is 23.2. The summed E-state index contributed by atoms with van der Waals surface area (Å²) < 4.78 is 35.7. The number of carbonyl (C=O) groups excluding carboxylic acids is 1. The van der Waals surface area contributed by atoms with E-state index < -0.39 is 17.5 Å². The van der Waals surface area contributed by atoms with Crippen LogP contribution in [-0.4, -0.2) is 22.1 Å². The number of imidazole rings is 1. The van der Waals surface area contributed by atoms with Crippen LogP contribution in [0.25, 0.3) is 22.4 Å². The molecule has 4 aromatic rings. The Morgan fingerprint density at radius 2 is 1.73 bits per heavy atom. The zero-order valence-electron chi connectivity index (χ0n) is 16.4. The van der Waals surface area contributed by atoms with Crippen LogP contribution in [0.1, 0.15) is 18.1 Å². The normalized spacial score (nSPS) is 11.6. The first-order valence-corrected chi connectivity index (χ1v) is 9.66. The van der Waals surface area contributed by atoms with Crippen molar-refractivity contribution in [1.82, 2.24) is 9.55 Å². The standard InChI is InChI=1S/C24H20F2N2O2/c1-2-30-23(29)24(25,26)19-12-8-11-18(15-19)22-27-20-13-6-7-14-21(20)28(22)16-17-9-4-3-5-10-17/h3-15H,2,16H2,1H3. The number of hydrogen-bond acceptors (Lipinski definition) is 3. The highest BCUT2D eigenvalue weighted by molar-refractivity contribution is 5.82. The van der Waals surface area contributed by atoms with Crippen LogP contribution in [0.5, 0.6) is 0 Å². The van der Waals surface area contributed by atoms with Gasteiger partial charge in [0.2, 0.25) is 0 Å². The molecule has 0 saturated carbocycles. The number of benzene rings is 3. The number of para-hydroxylation sites is 2. The van der Waals surface area contributed by atoms with Gasteiger partial charge in [0.15, 0.2) is 0 Å². The maximum atomic E-state index is 14.6. The molecule has 6 heteroatoms. The molecule has 0 N–H and O–H groups in total. The minimum absolute atomic E-state index is 0.110. The van der Waals surface area contributed by atoms with Crippen molar-refractivity contribution in [2.75, 3.05) is 6.61 Å². The Labute approximate surface area is 172 Å². The first-order chi connectivity index (χ1) is 14.5. The second kappa shape index (κ2) is 8.06. The highest BCUT2D eigenvalue weighted by Crippen LogP contribution is 2.33. The second-order valence-electron chi connectivity index (χ2n) is 6.87. The molecule has 4 rings (SSSR count). The maximum absolute atomic E-state index is 14.6. The Morgan fingerprint density at radius 1 is 1.00 bits per heavy atom. The van der Waals surface area contributed by atoms with E-state index in [4.69, 9.17) is 0 Å². The van der Waals surface area contributed by atoms with E-state index in [-0.39, 0.29) is 6.61 Å². The van der Waals surface area contributed by atoms with E-state index in [2.05, 4.69) is 9.72 Å². The molecular formula is C24H20F2N2O2. The fourth-order valence-electron chi connectivity index (χ4n) is 3.42. The van der Waals surface area contributed by atoms with E-state index in [0.717, 1.165) is 16.6 Å². The summed E-state index contributed by atoms with van der Waals surface area (Å²) in [6.45, 7) is 1.92. The van der Waals surface area contributed by atoms with E-state index in [1.165, 1.54) is 25.1 Å². The lowest BCUT2D eigenvalue weighted by molar-refractivity contribution is -0.173.